The van der Waals surface area contributed by atoms with Crippen molar-refractivity contribution in [1.82, 2.24) is 18.8 Å². The van der Waals surface area contributed by atoms with Crippen molar-refractivity contribution < 1.29 is 0 Å². The Hall–Kier alpha value is -6.72. The highest BCUT2D eigenvalue weighted by Gasteiger charge is 2.31. The zero-order valence-corrected chi connectivity index (χ0v) is 36.4. The highest BCUT2D eigenvalue weighted by atomic mass is 15.2. The number of rotatable bonds is 3. The minimum atomic E-state index is -0.104. The Kier molecular flexibility index (Phi) is 7.10. The van der Waals surface area contributed by atoms with Gasteiger partial charge in [-0.1, -0.05) is 129 Å². The number of benzene rings is 7. The molecule has 0 aliphatic carbocycles. The van der Waals surface area contributed by atoms with E-state index in [9.17, 15) is 0 Å². The summed E-state index contributed by atoms with van der Waals surface area (Å²) in [5.74, 6) is 0. The van der Waals surface area contributed by atoms with E-state index in [4.69, 9.17) is 9.97 Å². The normalized spacial score (nSPS) is 13.3. The molecule has 0 unspecified atom stereocenters. The maximum absolute atomic E-state index is 5.87. The molecule has 7 aromatic carbocycles. The van der Waals surface area contributed by atoms with Gasteiger partial charge < -0.3 is 4.90 Å². The van der Waals surface area contributed by atoms with Gasteiger partial charge in [-0.2, -0.15) is 0 Å². The monoisotopic (exact) mass is 791 g/mol. The molecule has 12 aromatic rings. The van der Waals surface area contributed by atoms with Gasteiger partial charge in [0.2, 0.25) is 0 Å². The Labute approximate surface area is 355 Å². The van der Waals surface area contributed by atoms with Crippen LogP contribution in [0.2, 0.25) is 0 Å². The van der Waals surface area contributed by atoms with Gasteiger partial charge in [-0.05, 0) is 110 Å². The third kappa shape index (κ3) is 5.01. The van der Waals surface area contributed by atoms with Gasteiger partial charge in [0.05, 0.1) is 27.8 Å². The second-order valence-corrected chi connectivity index (χ2v) is 20.4. The Bertz CT molecular complexity index is 3700. The Balaban J connectivity index is 1.32. The molecular weight excluding hydrogens is 743 g/mol. The average Bonchev–Trinajstić information content (AvgIpc) is 3.95. The van der Waals surface area contributed by atoms with Gasteiger partial charge in [-0.15, -0.1) is 0 Å². The molecule has 0 N–H and O–H groups in total. The molecule has 298 valence electrons. The van der Waals surface area contributed by atoms with Gasteiger partial charge >= 0.3 is 0 Å². The lowest BCUT2D eigenvalue weighted by molar-refractivity contribution is 0.590. The summed E-state index contributed by atoms with van der Waals surface area (Å²) >= 11 is 0. The van der Waals surface area contributed by atoms with Gasteiger partial charge in [-0.25, -0.2) is 9.97 Å². The lowest BCUT2D eigenvalue weighted by Gasteiger charge is -2.27. The fraction of sp³-hybridized carbons (Fsp3) is 0.214. The van der Waals surface area contributed by atoms with Crippen LogP contribution in [0.3, 0.4) is 0 Å². The first-order valence-corrected chi connectivity index (χ1v) is 21.7. The van der Waals surface area contributed by atoms with Gasteiger partial charge in [0.25, 0.3) is 0 Å². The third-order valence-corrected chi connectivity index (χ3v) is 13.4. The first kappa shape index (κ1) is 36.2. The molecule has 0 bridgehead atoms. The van der Waals surface area contributed by atoms with E-state index in [2.05, 4.69) is 209 Å². The van der Waals surface area contributed by atoms with Crippen molar-refractivity contribution in [3.05, 3.63) is 150 Å². The second kappa shape index (κ2) is 12.0. The predicted octanol–water partition coefficient (Wildman–Crippen LogP) is 15.3. The molecule has 5 aromatic heterocycles. The topological polar surface area (TPSA) is 37.8 Å². The Morgan fingerprint density at radius 2 is 0.902 bits per heavy atom. The molecular formula is C56H49N5. The van der Waals surface area contributed by atoms with Crippen LogP contribution in [0.5, 0.6) is 0 Å². The number of anilines is 3. The van der Waals surface area contributed by atoms with Gasteiger partial charge in [0.1, 0.15) is 11.0 Å². The van der Waals surface area contributed by atoms with Gasteiger partial charge in [0, 0.05) is 43.7 Å². The fourth-order valence-corrected chi connectivity index (χ4v) is 10.1. The quantitative estimate of drug-likeness (QED) is 0.179. The van der Waals surface area contributed by atoms with Crippen molar-refractivity contribution in [3.8, 4) is 0 Å². The maximum atomic E-state index is 5.87. The molecule has 0 spiro atoms. The van der Waals surface area contributed by atoms with Crippen LogP contribution in [0.4, 0.5) is 17.1 Å². The molecule has 0 aliphatic heterocycles. The summed E-state index contributed by atoms with van der Waals surface area (Å²) in [5.41, 5.74) is 15.4. The smallest absolute Gasteiger partial charge is 0.165 e. The SMILES string of the molecule is CC(C)(C)c1ccc2c(c1)c1cc(C(C)(C)C)cc3c4nc5c(nc4n2c13)c1cc(C(C)(C)C)cc2c3c4ccccc4cc(N(c4ccccc4)c4ccccc4)c3n5c12. The number of aromatic nitrogens is 4. The van der Waals surface area contributed by atoms with E-state index in [-0.39, 0.29) is 16.2 Å². The summed E-state index contributed by atoms with van der Waals surface area (Å²) in [6, 6.07) is 49.5. The van der Waals surface area contributed by atoms with E-state index in [0.717, 1.165) is 55.7 Å². The molecule has 0 fully saturated rings. The van der Waals surface area contributed by atoms with Crippen molar-refractivity contribution in [3.63, 3.8) is 0 Å². The van der Waals surface area contributed by atoms with Crippen molar-refractivity contribution in [1.29, 1.82) is 0 Å². The minimum absolute atomic E-state index is 0.0240. The molecule has 0 saturated heterocycles. The average molecular weight is 792 g/mol. The van der Waals surface area contributed by atoms with Gasteiger partial charge in [-0.3, -0.25) is 8.80 Å². The molecule has 0 saturated carbocycles. The zero-order valence-electron chi connectivity index (χ0n) is 36.4. The van der Waals surface area contributed by atoms with Crippen LogP contribution in [0.1, 0.15) is 79.0 Å². The fourth-order valence-electron chi connectivity index (χ4n) is 10.1. The lowest BCUT2D eigenvalue weighted by atomic mass is 9.84. The summed E-state index contributed by atoms with van der Waals surface area (Å²) in [6.07, 6.45) is 0. The summed E-state index contributed by atoms with van der Waals surface area (Å²) < 4.78 is 4.87. The van der Waals surface area contributed by atoms with E-state index < -0.39 is 0 Å². The number of hydrogen-bond acceptors (Lipinski definition) is 3. The lowest BCUT2D eigenvalue weighted by Crippen LogP contribution is -2.11. The molecule has 5 heterocycles. The van der Waals surface area contributed by atoms with Crippen LogP contribution in [0, 0.1) is 0 Å². The van der Waals surface area contributed by atoms with Crippen LogP contribution >= 0.6 is 0 Å². The van der Waals surface area contributed by atoms with E-state index in [1.54, 1.807) is 0 Å². The highest BCUT2D eigenvalue weighted by molar-refractivity contribution is 6.32. The van der Waals surface area contributed by atoms with Crippen LogP contribution in [-0.2, 0) is 16.2 Å². The van der Waals surface area contributed by atoms with Crippen LogP contribution in [0.15, 0.2) is 133 Å². The number of hydrogen-bond donors (Lipinski definition) is 0. The van der Waals surface area contributed by atoms with Crippen molar-refractivity contribution >= 4 is 105 Å². The molecule has 5 heteroatoms. The summed E-state index contributed by atoms with van der Waals surface area (Å²) in [4.78, 5) is 14.1. The van der Waals surface area contributed by atoms with E-state index in [1.165, 1.54) is 65.6 Å². The molecule has 61 heavy (non-hydrogen) atoms. The van der Waals surface area contributed by atoms with E-state index in [0.29, 0.717) is 0 Å². The van der Waals surface area contributed by atoms with Gasteiger partial charge in [0.15, 0.2) is 11.3 Å². The minimum Gasteiger partial charge on any atom is -0.308 e. The standard InChI is InChI=1S/C56H49N5/c1-54(2,3)33-24-25-44-39(27-33)40-28-34(55(4,5)6)30-42-47-52(60(44)49(40)42)57-48-43-31-35(56(7,8)9)29-41-46-38-23-17-16-18-32(38)26-45(51(46)61(50(41)43)53(48)58-47)59(36-19-12-10-13-20-36)37-21-14-11-15-22-37/h10-31H,1-9H3. The van der Waals surface area contributed by atoms with Crippen LogP contribution in [0.25, 0.3) is 87.5 Å². The predicted molar refractivity (Wildman–Crippen MR) is 260 cm³/mol. The van der Waals surface area contributed by atoms with Crippen molar-refractivity contribution in [2.24, 2.45) is 0 Å². The molecule has 0 atom stereocenters. The van der Waals surface area contributed by atoms with Crippen LogP contribution in [-0.4, -0.2) is 18.8 Å². The Morgan fingerprint density at radius 3 is 1.49 bits per heavy atom. The van der Waals surface area contributed by atoms with Crippen LogP contribution < -0.4 is 4.90 Å². The van der Waals surface area contributed by atoms with Crippen molar-refractivity contribution in [2.45, 2.75) is 78.6 Å². The summed E-state index contributed by atoms with van der Waals surface area (Å²) in [6.45, 7) is 20.8. The first-order chi connectivity index (χ1) is 29.2. The maximum Gasteiger partial charge on any atom is 0.165 e. The molecule has 0 radical (unpaired) electrons. The third-order valence-electron chi connectivity index (χ3n) is 13.4. The largest absolute Gasteiger partial charge is 0.308 e. The molecule has 0 aliphatic rings. The first-order valence-electron chi connectivity index (χ1n) is 21.7. The van der Waals surface area contributed by atoms with Crippen molar-refractivity contribution in [2.75, 3.05) is 4.90 Å². The summed E-state index contributed by atoms with van der Waals surface area (Å²) in [7, 11) is 0. The number of fused-ring (bicyclic) bond motifs is 14. The highest BCUT2D eigenvalue weighted by Crippen LogP contribution is 2.50. The molecule has 12 rings (SSSR count). The summed E-state index contributed by atoms with van der Waals surface area (Å²) in [5, 5.41) is 9.74. The molecule has 5 nitrogen and oxygen atoms in total. The Morgan fingerprint density at radius 1 is 0.410 bits per heavy atom. The van der Waals surface area contributed by atoms with E-state index >= 15 is 0 Å². The number of nitrogens with zero attached hydrogens (tertiary/aromatic N) is 5. The second-order valence-electron chi connectivity index (χ2n) is 20.4. The number of para-hydroxylation sites is 2. The van der Waals surface area contributed by atoms with E-state index in [1.807, 2.05) is 0 Å². The molecule has 0 amide bonds. The zero-order chi connectivity index (χ0) is 41.9.